The minimum atomic E-state index is -0.330. The van der Waals surface area contributed by atoms with E-state index in [1.807, 2.05) is 19.2 Å². The Balaban J connectivity index is 2.08. The van der Waals surface area contributed by atoms with E-state index in [2.05, 4.69) is 29.5 Å². The van der Waals surface area contributed by atoms with Crippen LogP contribution in [0.25, 0.3) is 0 Å². The highest BCUT2D eigenvalue weighted by molar-refractivity contribution is 5.90. The molecule has 5 nitrogen and oxygen atoms in total. The highest BCUT2D eigenvalue weighted by Crippen LogP contribution is 2.14. The van der Waals surface area contributed by atoms with Crippen molar-refractivity contribution in [1.82, 2.24) is 9.78 Å². The molecule has 112 valence electrons. The average molecular weight is 287 g/mol. The second-order valence-electron chi connectivity index (χ2n) is 4.75. The van der Waals surface area contributed by atoms with Gasteiger partial charge in [0, 0.05) is 12.7 Å². The zero-order valence-electron chi connectivity index (χ0n) is 12.7. The van der Waals surface area contributed by atoms with Crippen molar-refractivity contribution in [1.29, 1.82) is 0 Å². The van der Waals surface area contributed by atoms with Gasteiger partial charge in [0.1, 0.15) is 5.56 Å². The predicted octanol–water partition coefficient (Wildman–Crippen LogP) is 2.77. The summed E-state index contributed by atoms with van der Waals surface area (Å²) in [4.78, 5) is 11.9. The van der Waals surface area contributed by atoms with Crippen LogP contribution in [0.4, 0.5) is 5.69 Å². The number of rotatable bonds is 6. The van der Waals surface area contributed by atoms with Crippen LogP contribution in [-0.4, -0.2) is 22.4 Å². The van der Waals surface area contributed by atoms with Gasteiger partial charge >= 0.3 is 5.97 Å². The van der Waals surface area contributed by atoms with Crippen LogP contribution < -0.4 is 5.32 Å². The van der Waals surface area contributed by atoms with Gasteiger partial charge in [-0.25, -0.2) is 4.79 Å². The first-order valence-corrected chi connectivity index (χ1v) is 7.16. The Morgan fingerprint density at radius 3 is 2.62 bits per heavy atom. The Hall–Kier alpha value is -2.30. The van der Waals surface area contributed by atoms with Crippen molar-refractivity contribution in [2.45, 2.75) is 26.8 Å². The molecule has 5 heteroatoms. The molecule has 0 amide bonds. The van der Waals surface area contributed by atoms with Crippen LogP contribution in [0.3, 0.4) is 0 Å². The van der Waals surface area contributed by atoms with E-state index < -0.39 is 0 Å². The second kappa shape index (κ2) is 6.92. The normalized spacial score (nSPS) is 10.4. The van der Waals surface area contributed by atoms with Crippen molar-refractivity contribution in [3.63, 3.8) is 0 Å². The number of esters is 1. The number of nitrogens with zero attached hydrogens (tertiary/aromatic N) is 2. The first-order valence-electron chi connectivity index (χ1n) is 7.16. The molecule has 21 heavy (non-hydrogen) atoms. The summed E-state index contributed by atoms with van der Waals surface area (Å²) in [7, 11) is 1.82. The fourth-order valence-corrected chi connectivity index (χ4v) is 2.10. The summed E-state index contributed by atoms with van der Waals surface area (Å²) in [6.07, 6.45) is 2.57. The third-order valence-corrected chi connectivity index (χ3v) is 3.38. The average Bonchev–Trinajstić information content (AvgIpc) is 2.87. The summed E-state index contributed by atoms with van der Waals surface area (Å²) >= 11 is 0. The largest absolute Gasteiger partial charge is 0.462 e. The number of nitrogens with one attached hydrogen (secondary N) is 1. The maximum absolute atomic E-state index is 11.9. The third-order valence-electron chi connectivity index (χ3n) is 3.38. The summed E-state index contributed by atoms with van der Waals surface area (Å²) in [6.45, 7) is 4.81. The molecule has 0 aliphatic rings. The van der Waals surface area contributed by atoms with Crippen molar-refractivity contribution >= 4 is 11.7 Å². The zero-order chi connectivity index (χ0) is 15.2. The third kappa shape index (κ3) is 3.62. The molecule has 0 spiro atoms. The van der Waals surface area contributed by atoms with E-state index in [4.69, 9.17) is 4.74 Å². The Labute approximate surface area is 124 Å². The lowest BCUT2D eigenvalue weighted by atomic mass is 10.1. The molecule has 0 atom stereocenters. The smallest absolute Gasteiger partial charge is 0.341 e. The van der Waals surface area contributed by atoms with Crippen LogP contribution >= 0.6 is 0 Å². The van der Waals surface area contributed by atoms with E-state index in [9.17, 15) is 4.79 Å². The van der Waals surface area contributed by atoms with Crippen LogP contribution in [0, 0.1) is 0 Å². The first kappa shape index (κ1) is 15.1. The molecule has 1 heterocycles. The molecule has 0 unspecified atom stereocenters. The molecule has 1 aromatic heterocycles. The highest BCUT2D eigenvalue weighted by atomic mass is 16.5. The number of aromatic nitrogens is 2. The van der Waals surface area contributed by atoms with Crippen molar-refractivity contribution in [2.24, 2.45) is 7.05 Å². The van der Waals surface area contributed by atoms with E-state index in [1.54, 1.807) is 17.8 Å². The summed E-state index contributed by atoms with van der Waals surface area (Å²) in [5.41, 5.74) is 3.64. The maximum Gasteiger partial charge on any atom is 0.341 e. The van der Waals surface area contributed by atoms with Crippen molar-refractivity contribution in [3.8, 4) is 0 Å². The van der Waals surface area contributed by atoms with E-state index >= 15 is 0 Å². The van der Waals surface area contributed by atoms with Crippen molar-refractivity contribution in [3.05, 3.63) is 47.3 Å². The lowest BCUT2D eigenvalue weighted by Gasteiger charge is -2.09. The molecule has 0 radical (unpaired) electrons. The van der Waals surface area contributed by atoms with Crippen molar-refractivity contribution in [2.75, 3.05) is 11.9 Å². The SMILES string of the molecule is CCOC(=O)c1cnn(C)c1CNc1ccc(CC)cc1. The molecule has 2 rings (SSSR count). The molecular formula is C16H21N3O2. The number of carbonyl (C=O) groups excluding carboxylic acids is 1. The molecule has 1 N–H and O–H groups in total. The Kier molecular flexibility index (Phi) is 4.98. The van der Waals surface area contributed by atoms with Gasteiger partial charge in [-0.3, -0.25) is 4.68 Å². The standard InChI is InChI=1S/C16H21N3O2/c1-4-12-6-8-13(9-7-12)17-11-15-14(10-18-19(15)3)16(20)21-5-2/h6-10,17H,4-5,11H2,1-3H3. The molecule has 0 saturated heterocycles. The number of carbonyl (C=O) groups is 1. The zero-order valence-corrected chi connectivity index (χ0v) is 12.7. The summed E-state index contributed by atoms with van der Waals surface area (Å²) < 4.78 is 6.74. The number of benzene rings is 1. The lowest BCUT2D eigenvalue weighted by Crippen LogP contribution is -2.12. The van der Waals surface area contributed by atoms with Gasteiger partial charge in [-0.05, 0) is 31.0 Å². The van der Waals surface area contributed by atoms with E-state index in [0.717, 1.165) is 17.8 Å². The Bertz CT molecular complexity index is 602. The first-order chi connectivity index (χ1) is 10.2. The van der Waals surface area contributed by atoms with Gasteiger partial charge in [0.2, 0.25) is 0 Å². The minimum absolute atomic E-state index is 0.330. The monoisotopic (exact) mass is 287 g/mol. The van der Waals surface area contributed by atoms with Crippen LogP contribution in [0.2, 0.25) is 0 Å². The van der Waals surface area contributed by atoms with Gasteiger partial charge in [0.15, 0.2) is 0 Å². The summed E-state index contributed by atoms with van der Waals surface area (Å²) in [6, 6.07) is 8.27. The predicted molar refractivity (Wildman–Crippen MR) is 82.3 cm³/mol. The van der Waals surface area contributed by atoms with Crippen LogP contribution in [-0.2, 0) is 24.8 Å². The van der Waals surface area contributed by atoms with Gasteiger partial charge in [-0.1, -0.05) is 19.1 Å². The van der Waals surface area contributed by atoms with Gasteiger partial charge < -0.3 is 10.1 Å². The number of anilines is 1. The number of hydrogen-bond donors (Lipinski definition) is 1. The molecule has 0 aliphatic heterocycles. The highest BCUT2D eigenvalue weighted by Gasteiger charge is 2.16. The summed E-state index contributed by atoms with van der Waals surface area (Å²) in [5.74, 6) is -0.330. The molecule has 0 saturated carbocycles. The quantitative estimate of drug-likeness (QED) is 0.830. The van der Waals surface area contributed by atoms with Gasteiger partial charge in [-0.15, -0.1) is 0 Å². The van der Waals surface area contributed by atoms with Crippen molar-refractivity contribution < 1.29 is 9.53 Å². The fraction of sp³-hybridized carbons (Fsp3) is 0.375. The fourth-order valence-electron chi connectivity index (χ4n) is 2.10. The lowest BCUT2D eigenvalue weighted by molar-refractivity contribution is 0.0525. The summed E-state index contributed by atoms with van der Waals surface area (Å²) in [5, 5.41) is 7.44. The van der Waals surface area contributed by atoms with Crippen LogP contribution in [0.15, 0.2) is 30.5 Å². The molecular weight excluding hydrogens is 266 g/mol. The Morgan fingerprint density at radius 2 is 2.00 bits per heavy atom. The Morgan fingerprint density at radius 1 is 1.29 bits per heavy atom. The van der Waals surface area contributed by atoms with Crippen LogP contribution in [0.5, 0.6) is 0 Å². The number of aryl methyl sites for hydroxylation is 2. The minimum Gasteiger partial charge on any atom is -0.462 e. The number of hydrogen-bond acceptors (Lipinski definition) is 4. The van der Waals surface area contributed by atoms with E-state index in [0.29, 0.717) is 18.7 Å². The maximum atomic E-state index is 11.9. The molecule has 2 aromatic rings. The second-order valence-corrected chi connectivity index (χ2v) is 4.75. The van der Waals surface area contributed by atoms with E-state index in [-0.39, 0.29) is 5.97 Å². The molecule has 0 bridgehead atoms. The number of ether oxygens (including phenoxy) is 1. The molecule has 1 aromatic carbocycles. The van der Waals surface area contributed by atoms with Gasteiger partial charge in [-0.2, -0.15) is 5.10 Å². The van der Waals surface area contributed by atoms with Gasteiger partial charge in [0.25, 0.3) is 0 Å². The van der Waals surface area contributed by atoms with Gasteiger partial charge in [0.05, 0.1) is 25.0 Å². The topological polar surface area (TPSA) is 56.1 Å². The van der Waals surface area contributed by atoms with E-state index in [1.165, 1.54) is 5.56 Å². The molecule has 0 aliphatic carbocycles. The van der Waals surface area contributed by atoms with Crippen LogP contribution in [0.1, 0.15) is 35.5 Å². The molecule has 0 fully saturated rings.